The van der Waals surface area contributed by atoms with Crippen molar-refractivity contribution in [2.45, 2.75) is 20.4 Å². The van der Waals surface area contributed by atoms with Crippen LogP contribution in [0.2, 0.25) is 0 Å². The van der Waals surface area contributed by atoms with E-state index in [9.17, 15) is 9.18 Å². The third-order valence-corrected chi connectivity index (χ3v) is 3.39. The summed E-state index contributed by atoms with van der Waals surface area (Å²) >= 11 is 0. The van der Waals surface area contributed by atoms with Crippen LogP contribution in [0.4, 0.5) is 10.1 Å². The molecule has 0 bridgehead atoms. The van der Waals surface area contributed by atoms with Crippen LogP contribution >= 0.6 is 0 Å². The first-order valence-electron chi connectivity index (χ1n) is 6.87. The minimum absolute atomic E-state index is 0.164. The van der Waals surface area contributed by atoms with E-state index in [2.05, 4.69) is 10.6 Å². The highest BCUT2D eigenvalue weighted by molar-refractivity contribution is 5.80. The highest BCUT2D eigenvalue weighted by Gasteiger charge is 2.04. The Morgan fingerprint density at radius 2 is 1.86 bits per heavy atom. The number of halogens is 1. The van der Waals surface area contributed by atoms with Crippen LogP contribution in [-0.2, 0) is 11.3 Å². The van der Waals surface area contributed by atoms with Crippen molar-refractivity contribution in [1.29, 1.82) is 0 Å². The lowest BCUT2D eigenvalue weighted by atomic mass is 10.1. The molecular formula is C17H19FN2O. The molecule has 0 aliphatic carbocycles. The average Bonchev–Trinajstić information content (AvgIpc) is 2.47. The van der Waals surface area contributed by atoms with Crippen LogP contribution in [0.25, 0.3) is 0 Å². The molecule has 0 saturated carbocycles. The minimum Gasteiger partial charge on any atom is -0.376 e. The van der Waals surface area contributed by atoms with Gasteiger partial charge in [-0.1, -0.05) is 24.3 Å². The molecule has 0 aromatic heterocycles. The van der Waals surface area contributed by atoms with E-state index in [4.69, 9.17) is 0 Å². The van der Waals surface area contributed by atoms with Crippen molar-refractivity contribution in [1.82, 2.24) is 5.32 Å². The smallest absolute Gasteiger partial charge is 0.239 e. The summed E-state index contributed by atoms with van der Waals surface area (Å²) in [5.74, 6) is -0.476. The lowest BCUT2D eigenvalue weighted by Gasteiger charge is -2.10. The van der Waals surface area contributed by atoms with E-state index in [1.807, 2.05) is 32.0 Å². The van der Waals surface area contributed by atoms with Gasteiger partial charge in [0.15, 0.2) is 0 Å². The lowest BCUT2D eigenvalue weighted by molar-refractivity contribution is -0.119. The highest BCUT2D eigenvalue weighted by Crippen LogP contribution is 2.13. The Balaban J connectivity index is 1.82. The zero-order chi connectivity index (χ0) is 15.2. The first-order valence-corrected chi connectivity index (χ1v) is 6.87. The number of rotatable bonds is 5. The Morgan fingerprint density at radius 1 is 1.10 bits per heavy atom. The molecule has 0 aliphatic heterocycles. The summed E-state index contributed by atoms with van der Waals surface area (Å²) in [5.41, 5.74) is 3.77. The van der Waals surface area contributed by atoms with E-state index in [0.717, 1.165) is 5.69 Å². The molecular weight excluding hydrogens is 267 g/mol. The minimum atomic E-state index is -0.306. The molecule has 0 fully saturated rings. The van der Waals surface area contributed by atoms with Crippen molar-refractivity contribution in [3.05, 3.63) is 65.0 Å². The largest absolute Gasteiger partial charge is 0.376 e. The third-order valence-electron chi connectivity index (χ3n) is 3.39. The van der Waals surface area contributed by atoms with Gasteiger partial charge in [0, 0.05) is 17.8 Å². The SMILES string of the molecule is Cc1ccc(NCC(=O)NCc2ccccc2F)cc1C. The predicted octanol–water partition coefficient (Wildman–Crippen LogP) is 3.17. The van der Waals surface area contributed by atoms with Crippen LogP contribution in [0.1, 0.15) is 16.7 Å². The van der Waals surface area contributed by atoms with E-state index in [-0.39, 0.29) is 24.8 Å². The van der Waals surface area contributed by atoms with E-state index >= 15 is 0 Å². The number of hydrogen-bond acceptors (Lipinski definition) is 2. The number of anilines is 1. The monoisotopic (exact) mass is 286 g/mol. The van der Waals surface area contributed by atoms with Crippen molar-refractivity contribution in [2.24, 2.45) is 0 Å². The number of carbonyl (C=O) groups is 1. The van der Waals surface area contributed by atoms with E-state index in [1.54, 1.807) is 18.2 Å². The van der Waals surface area contributed by atoms with Gasteiger partial charge < -0.3 is 10.6 Å². The van der Waals surface area contributed by atoms with Gasteiger partial charge in [-0.3, -0.25) is 4.79 Å². The Labute approximate surface area is 124 Å². The fraction of sp³-hybridized carbons (Fsp3) is 0.235. The molecule has 110 valence electrons. The van der Waals surface area contributed by atoms with Gasteiger partial charge in [-0.05, 0) is 43.2 Å². The third kappa shape index (κ3) is 4.31. The molecule has 0 atom stereocenters. The molecule has 2 N–H and O–H groups in total. The summed E-state index contributed by atoms with van der Waals surface area (Å²) in [7, 11) is 0. The van der Waals surface area contributed by atoms with Crippen LogP contribution < -0.4 is 10.6 Å². The second kappa shape index (κ2) is 6.88. The van der Waals surface area contributed by atoms with E-state index in [0.29, 0.717) is 5.56 Å². The molecule has 1 amide bonds. The quantitative estimate of drug-likeness (QED) is 0.886. The summed E-state index contributed by atoms with van der Waals surface area (Å²) in [5, 5.41) is 5.75. The average molecular weight is 286 g/mol. The topological polar surface area (TPSA) is 41.1 Å². The Morgan fingerprint density at radius 3 is 2.57 bits per heavy atom. The first kappa shape index (κ1) is 15.0. The maximum absolute atomic E-state index is 13.4. The molecule has 3 nitrogen and oxygen atoms in total. The molecule has 0 radical (unpaired) electrons. The van der Waals surface area contributed by atoms with Crippen molar-refractivity contribution < 1.29 is 9.18 Å². The lowest BCUT2D eigenvalue weighted by Crippen LogP contribution is -2.29. The van der Waals surface area contributed by atoms with Gasteiger partial charge in [-0.2, -0.15) is 0 Å². The molecule has 2 rings (SSSR count). The van der Waals surface area contributed by atoms with Gasteiger partial charge in [0.25, 0.3) is 0 Å². The van der Waals surface area contributed by atoms with Gasteiger partial charge in [-0.15, -0.1) is 0 Å². The molecule has 0 aliphatic rings. The maximum atomic E-state index is 13.4. The van der Waals surface area contributed by atoms with Crippen molar-refractivity contribution in [2.75, 3.05) is 11.9 Å². The molecule has 0 unspecified atom stereocenters. The number of amides is 1. The second-order valence-electron chi connectivity index (χ2n) is 5.02. The first-order chi connectivity index (χ1) is 10.1. The number of nitrogens with one attached hydrogen (secondary N) is 2. The van der Waals surface area contributed by atoms with Crippen molar-refractivity contribution >= 4 is 11.6 Å². The molecule has 0 heterocycles. The van der Waals surface area contributed by atoms with E-state index in [1.165, 1.54) is 17.2 Å². The molecule has 0 spiro atoms. The normalized spacial score (nSPS) is 10.2. The van der Waals surface area contributed by atoms with Crippen molar-refractivity contribution in [3.63, 3.8) is 0 Å². The summed E-state index contributed by atoms with van der Waals surface area (Å²) in [6.45, 7) is 4.43. The van der Waals surface area contributed by atoms with Gasteiger partial charge in [0.05, 0.1) is 6.54 Å². The maximum Gasteiger partial charge on any atom is 0.239 e. The molecule has 2 aromatic rings. The standard InChI is InChI=1S/C17H19FN2O/c1-12-7-8-15(9-13(12)2)19-11-17(21)20-10-14-5-3-4-6-16(14)18/h3-9,19H,10-11H2,1-2H3,(H,20,21). The number of benzene rings is 2. The van der Waals surface area contributed by atoms with E-state index < -0.39 is 0 Å². The summed E-state index contributed by atoms with van der Waals surface area (Å²) in [6, 6.07) is 12.4. The number of aryl methyl sites for hydroxylation is 2. The fourth-order valence-corrected chi connectivity index (χ4v) is 1.93. The van der Waals surface area contributed by atoms with Crippen LogP contribution in [-0.4, -0.2) is 12.5 Å². The summed E-state index contributed by atoms with van der Waals surface area (Å²) in [4.78, 5) is 11.8. The van der Waals surface area contributed by atoms with Crippen LogP contribution in [0.5, 0.6) is 0 Å². The van der Waals surface area contributed by atoms with Gasteiger partial charge in [0.2, 0.25) is 5.91 Å². The number of hydrogen-bond donors (Lipinski definition) is 2. The van der Waals surface area contributed by atoms with Crippen LogP contribution in [0.15, 0.2) is 42.5 Å². The number of carbonyl (C=O) groups excluding carboxylic acids is 1. The van der Waals surface area contributed by atoms with Crippen LogP contribution in [0.3, 0.4) is 0 Å². The Hall–Kier alpha value is -2.36. The molecule has 4 heteroatoms. The zero-order valence-electron chi connectivity index (χ0n) is 12.2. The van der Waals surface area contributed by atoms with Crippen LogP contribution in [0, 0.1) is 19.7 Å². The van der Waals surface area contributed by atoms with Gasteiger partial charge in [0.1, 0.15) is 5.82 Å². The highest BCUT2D eigenvalue weighted by atomic mass is 19.1. The Kier molecular flexibility index (Phi) is 4.93. The summed E-state index contributed by atoms with van der Waals surface area (Å²) < 4.78 is 13.4. The second-order valence-corrected chi connectivity index (χ2v) is 5.02. The molecule has 2 aromatic carbocycles. The zero-order valence-corrected chi connectivity index (χ0v) is 12.2. The molecule has 0 saturated heterocycles. The Bertz CT molecular complexity index is 640. The summed E-state index contributed by atoms with van der Waals surface area (Å²) in [6.07, 6.45) is 0. The van der Waals surface area contributed by atoms with Crippen molar-refractivity contribution in [3.8, 4) is 0 Å². The fourth-order valence-electron chi connectivity index (χ4n) is 1.93. The predicted molar refractivity (Wildman–Crippen MR) is 82.7 cm³/mol. The van der Waals surface area contributed by atoms with Gasteiger partial charge in [-0.25, -0.2) is 4.39 Å². The van der Waals surface area contributed by atoms with Gasteiger partial charge >= 0.3 is 0 Å². The molecule has 21 heavy (non-hydrogen) atoms.